The Kier molecular flexibility index (Phi) is 66.2. The van der Waals surface area contributed by atoms with Gasteiger partial charge in [-0.2, -0.15) is 0 Å². The van der Waals surface area contributed by atoms with Gasteiger partial charge in [0.1, 0.15) is 13.2 Å². The minimum Gasteiger partial charge on any atom is -0.462 e. The zero-order chi connectivity index (χ0) is 59.2. The van der Waals surface area contributed by atoms with Crippen LogP contribution in [0.2, 0.25) is 0 Å². The molecule has 0 amide bonds. The summed E-state index contributed by atoms with van der Waals surface area (Å²) in [6.07, 6.45) is 95.5. The van der Waals surface area contributed by atoms with Crippen LogP contribution in [0, 0.1) is 0 Å². The molecule has 0 aliphatic heterocycles. The highest BCUT2D eigenvalue weighted by Crippen LogP contribution is 2.17. The van der Waals surface area contributed by atoms with E-state index in [-0.39, 0.29) is 31.1 Å². The SMILES string of the molecule is CC/C=C\C/C=C\C/C=C\C/C=C\CCCCCCCCCCCCCCCCCCCCCCC(=O)OCC(COC(=O)CCCCCCC/C=C\C/C=C\CCCC)OC(=O)CCCCCCCCC/C=C\C/C=C\C/C=C\CC. The maximum absolute atomic E-state index is 12.9. The van der Waals surface area contributed by atoms with Crippen molar-refractivity contribution >= 4 is 17.9 Å². The van der Waals surface area contributed by atoms with Crippen LogP contribution in [0.3, 0.4) is 0 Å². The molecule has 0 bridgehead atoms. The summed E-state index contributed by atoms with van der Waals surface area (Å²) in [5.41, 5.74) is 0. The van der Waals surface area contributed by atoms with E-state index >= 15 is 0 Å². The number of rotatable bonds is 63. The molecule has 0 spiro atoms. The van der Waals surface area contributed by atoms with E-state index in [1.807, 2.05) is 0 Å². The quantitative estimate of drug-likeness (QED) is 0.0261. The molecule has 0 rings (SSSR count). The maximum Gasteiger partial charge on any atom is 0.306 e. The van der Waals surface area contributed by atoms with Crippen molar-refractivity contribution in [1.82, 2.24) is 0 Å². The van der Waals surface area contributed by atoms with Crippen LogP contribution in [0.15, 0.2) is 109 Å². The number of allylic oxidation sites excluding steroid dienone is 18. The summed E-state index contributed by atoms with van der Waals surface area (Å²) in [6, 6.07) is 0. The summed E-state index contributed by atoms with van der Waals surface area (Å²) >= 11 is 0. The number of ether oxygens (including phenoxy) is 3. The lowest BCUT2D eigenvalue weighted by molar-refractivity contribution is -0.167. The third kappa shape index (κ3) is 66.9. The van der Waals surface area contributed by atoms with E-state index in [1.54, 1.807) is 0 Å². The molecule has 6 nitrogen and oxygen atoms in total. The van der Waals surface area contributed by atoms with E-state index in [1.165, 1.54) is 161 Å². The second kappa shape index (κ2) is 69.6. The van der Waals surface area contributed by atoms with Crippen LogP contribution in [0.5, 0.6) is 0 Å². The summed E-state index contributed by atoms with van der Waals surface area (Å²) in [5.74, 6) is -0.895. The van der Waals surface area contributed by atoms with Crippen LogP contribution in [0.25, 0.3) is 0 Å². The molecule has 0 aromatic rings. The van der Waals surface area contributed by atoms with Gasteiger partial charge >= 0.3 is 17.9 Å². The Hall–Kier alpha value is -3.93. The third-order valence-corrected chi connectivity index (χ3v) is 15.0. The van der Waals surface area contributed by atoms with Gasteiger partial charge < -0.3 is 14.2 Å². The molecule has 0 aliphatic carbocycles. The normalized spacial score (nSPS) is 12.8. The topological polar surface area (TPSA) is 78.9 Å². The molecule has 0 aliphatic rings. The smallest absolute Gasteiger partial charge is 0.306 e. The van der Waals surface area contributed by atoms with Crippen LogP contribution >= 0.6 is 0 Å². The highest BCUT2D eigenvalue weighted by molar-refractivity contribution is 5.71. The first-order chi connectivity index (χ1) is 40.5. The number of unbranched alkanes of at least 4 members (excludes halogenated alkanes) is 34. The molecule has 0 saturated heterocycles. The monoisotopic (exact) mass is 1140 g/mol. The number of carbonyl (C=O) groups excluding carboxylic acids is 3. The molecule has 1 atom stereocenters. The average Bonchev–Trinajstić information content (AvgIpc) is 3.47. The number of hydrogen-bond donors (Lipinski definition) is 0. The highest BCUT2D eigenvalue weighted by Gasteiger charge is 2.19. The van der Waals surface area contributed by atoms with Crippen molar-refractivity contribution < 1.29 is 28.6 Å². The number of carbonyl (C=O) groups is 3. The first-order valence-corrected chi connectivity index (χ1v) is 34.9. The predicted molar refractivity (Wildman–Crippen MR) is 357 cm³/mol. The molecule has 0 heterocycles. The molecule has 470 valence electrons. The minimum absolute atomic E-state index is 0.0841. The highest BCUT2D eigenvalue weighted by atomic mass is 16.6. The second-order valence-electron chi connectivity index (χ2n) is 23.0. The van der Waals surface area contributed by atoms with E-state index in [0.717, 1.165) is 135 Å². The molecular weight excluding hydrogens is 1010 g/mol. The van der Waals surface area contributed by atoms with Gasteiger partial charge in [0.05, 0.1) is 0 Å². The number of hydrogen-bond acceptors (Lipinski definition) is 6. The van der Waals surface area contributed by atoms with Gasteiger partial charge in [0, 0.05) is 19.3 Å². The van der Waals surface area contributed by atoms with Crippen molar-refractivity contribution in [3.05, 3.63) is 109 Å². The minimum atomic E-state index is -0.790. The zero-order valence-corrected chi connectivity index (χ0v) is 54.0. The Morgan fingerprint density at radius 2 is 0.476 bits per heavy atom. The van der Waals surface area contributed by atoms with E-state index in [9.17, 15) is 14.4 Å². The van der Waals surface area contributed by atoms with Crippen LogP contribution in [-0.2, 0) is 28.6 Å². The molecule has 0 N–H and O–H groups in total. The van der Waals surface area contributed by atoms with E-state index in [0.29, 0.717) is 19.3 Å². The molecular formula is C76H130O6. The lowest BCUT2D eigenvalue weighted by Crippen LogP contribution is -2.30. The van der Waals surface area contributed by atoms with Gasteiger partial charge in [-0.05, 0) is 116 Å². The van der Waals surface area contributed by atoms with Crippen LogP contribution in [0.1, 0.15) is 335 Å². The Bertz CT molecular complexity index is 1640. The van der Waals surface area contributed by atoms with Crippen molar-refractivity contribution in [3.8, 4) is 0 Å². The molecule has 1 unspecified atom stereocenters. The molecule has 0 fully saturated rings. The summed E-state index contributed by atoms with van der Waals surface area (Å²) in [7, 11) is 0. The fourth-order valence-corrected chi connectivity index (χ4v) is 9.82. The van der Waals surface area contributed by atoms with E-state index < -0.39 is 6.10 Å². The molecule has 82 heavy (non-hydrogen) atoms. The first kappa shape index (κ1) is 78.1. The van der Waals surface area contributed by atoms with E-state index in [2.05, 4.69) is 130 Å². The van der Waals surface area contributed by atoms with Crippen LogP contribution < -0.4 is 0 Å². The number of esters is 3. The second-order valence-corrected chi connectivity index (χ2v) is 23.0. The van der Waals surface area contributed by atoms with Gasteiger partial charge in [-0.25, -0.2) is 0 Å². The molecule has 0 aromatic heterocycles. The van der Waals surface area contributed by atoms with Gasteiger partial charge in [-0.3, -0.25) is 14.4 Å². The van der Waals surface area contributed by atoms with Crippen molar-refractivity contribution in [3.63, 3.8) is 0 Å². The van der Waals surface area contributed by atoms with Crippen molar-refractivity contribution in [2.75, 3.05) is 13.2 Å². The lowest BCUT2D eigenvalue weighted by atomic mass is 10.0. The zero-order valence-electron chi connectivity index (χ0n) is 54.0. The fraction of sp³-hybridized carbons (Fsp3) is 0.724. The molecule has 0 saturated carbocycles. The van der Waals surface area contributed by atoms with Gasteiger partial charge in [-0.15, -0.1) is 0 Å². The summed E-state index contributed by atoms with van der Waals surface area (Å²) in [5, 5.41) is 0. The van der Waals surface area contributed by atoms with Crippen molar-refractivity contribution in [1.29, 1.82) is 0 Å². The third-order valence-electron chi connectivity index (χ3n) is 15.0. The lowest BCUT2D eigenvalue weighted by Gasteiger charge is -2.18. The van der Waals surface area contributed by atoms with Gasteiger partial charge in [0.15, 0.2) is 6.10 Å². The standard InChI is InChI=1S/C76H130O6/c1-4-7-10-13-16-19-22-25-28-30-31-32-33-34-35-36-37-38-39-40-41-42-43-44-45-47-48-51-54-57-60-63-66-69-75(78)81-72-73(71-80-74(77)68-65-62-59-56-53-50-27-24-21-18-15-12-9-6-3)82-76(79)70-67-64-61-58-55-52-49-46-29-26-23-20-17-14-11-8-5-2/h7-8,10-11,15-20,24-29,31-32,73H,4-6,9,12-14,21-23,30,33-72H2,1-3H3/b10-7-,11-8-,18-15-,19-16-,20-17-,27-24-,28-25-,29-26-,32-31-. The first-order valence-electron chi connectivity index (χ1n) is 34.9. The summed E-state index contributed by atoms with van der Waals surface area (Å²) in [6.45, 7) is 6.39. The molecule has 0 radical (unpaired) electrons. The van der Waals surface area contributed by atoms with Crippen LogP contribution in [0.4, 0.5) is 0 Å². The maximum atomic E-state index is 12.9. The van der Waals surface area contributed by atoms with Gasteiger partial charge in [-0.1, -0.05) is 310 Å². The van der Waals surface area contributed by atoms with Gasteiger partial charge in [0.25, 0.3) is 0 Å². The van der Waals surface area contributed by atoms with Crippen molar-refractivity contribution in [2.45, 2.75) is 341 Å². The largest absolute Gasteiger partial charge is 0.462 e. The molecule has 6 heteroatoms. The Balaban J connectivity index is 4.18. The fourth-order valence-electron chi connectivity index (χ4n) is 9.82. The van der Waals surface area contributed by atoms with Crippen LogP contribution in [-0.4, -0.2) is 37.2 Å². The average molecular weight is 1140 g/mol. The Morgan fingerprint density at radius 3 is 0.744 bits per heavy atom. The summed E-state index contributed by atoms with van der Waals surface area (Å²) < 4.78 is 16.9. The van der Waals surface area contributed by atoms with Crippen molar-refractivity contribution in [2.24, 2.45) is 0 Å². The van der Waals surface area contributed by atoms with Gasteiger partial charge in [0.2, 0.25) is 0 Å². The van der Waals surface area contributed by atoms with E-state index in [4.69, 9.17) is 14.2 Å². The Labute approximate surface area is 508 Å². The predicted octanol–water partition coefficient (Wildman–Crippen LogP) is 24.2. The molecule has 0 aromatic carbocycles. The summed E-state index contributed by atoms with van der Waals surface area (Å²) in [4.78, 5) is 38.4. The Morgan fingerprint density at radius 1 is 0.256 bits per heavy atom.